The second-order valence-corrected chi connectivity index (χ2v) is 2.69. The average molecular weight is 176 g/mol. The lowest BCUT2D eigenvalue weighted by Crippen LogP contribution is -2.10. The van der Waals surface area contributed by atoms with Crippen LogP contribution in [0.5, 0.6) is 0 Å². The summed E-state index contributed by atoms with van der Waals surface area (Å²) in [6, 6.07) is 0. The van der Waals surface area contributed by atoms with Crippen molar-refractivity contribution >= 4 is 5.97 Å². The summed E-state index contributed by atoms with van der Waals surface area (Å²) in [7, 11) is 0. The van der Waals surface area contributed by atoms with Crippen LogP contribution in [0.15, 0.2) is 0 Å². The molecule has 0 saturated carbocycles. The van der Waals surface area contributed by atoms with Crippen molar-refractivity contribution in [1.29, 1.82) is 0 Å². The molecule has 72 valence electrons. The molecule has 0 spiro atoms. The van der Waals surface area contributed by atoms with Gasteiger partial charge in [0.05, 0.1) is 12.7 Å². The SMILES string of the molecule is C[C@@H](O)CCOC(=O)CCCO. The first kappa shape index (κ1) is 11.4. The number of carbonyl (C=O) groups is 1. The Morgan fingerprint density at radius 3 is 2.75 bits per heavy atom. The first-order valence-electron chi connectivity index (χ1n) is 4.11. The van der Waals surface area contributed by atoms with E-state index in [2.05, 4.69) is 0 Å². The lowest BCUT2D eigenvalue weighted by Gasteiger charge is -2.05. The van der Waals surface area contributed by atoms with Crippen LogP contribution in [0.25, 0.3) is 0 Å². The zero-order valence-electron chi connectivity index (χ0n) is 7.32. The first-order chi connectivity index (χ1) is 5.66. The molecule has 0 saturated heterocycles. The van der Waals surface area contributed by atoms with Gasteiger partial charge in [0.1, 0.15) is 0 Å². The van der Waals surface area contributed by atoms with E-state index >= 15 is 0 Å². The molecule has 4 heteroatoms. The summed E-state index contributed by atoms with van der Waals surface area (Å²) < 4.78 is 4.74. The maximum absolute atomic E-state index is 10.8. The highest BCUT2D eigenvalue weighted by molar-refractivity contribution is 5.69. The molecule has 0 unspecified atom stereocenters. The van der Waals surface area contributed by atoms with Crippen LogP contribution in [0.2, 0.25) is 0 Å². The van der Waals surface area contributed by atoms with Crippen molar-refractivity contribution in [3.63, 3.8) is 0 Å². The zero-order valence-corrected chi connectivity index (χ0v) is 7.32. The Balaban J connectivity index is 3.20. The van der Waals surface area contributed by atoms with E-state index in [4.69, 9.17) is 14.9 Å². The van der Waals surface area contributed by atoms with Gasteiger partial charge in [-0.3, -0.25) is 4.79 Å². The minimum atomic E-state index is -0.435. The zero-order chi connectivity index (χ0) is 9.40. The van der Waals surface area contributed by atoms with Crippen molar-refractivity contribution in [2.24, 2.45) is 0 Å². The molecule has 0 aliphatic rings. The van der Waals surface area contributed by atoms with Crippen LogP contribution in [0.4, 0.5) is 0 Å². The molecule has 0 rings (SSSR count). The monoisotopic (exact) mass is 176 g/mol. The van der Waals surface area contributed by atoms with E-state index in [1.165, 1.54) is 0 Å². The van der Waals surface area contributed by atoms with Gasteiger partial charge in [-0.25, -0.2) is 0 Å². The number of aliphatic hydroxyl groups excluding tert-OH is 2. The Morgan fingerprint density at radius 2 is 2.25 bits per heavy atom. The van der Waals surface area contributed by atoms with Gasteiger partial charge in [-0.1, -0.05) is 0 Å². The average Bonchev–Trinajstić information content (AvgIpc) is 2.00. The van der Waals surface area contributed by atoms with Crippen LogP contribution in [-0.4, -0.2) is 35.5 Å². The fourth-order valence-corrected chi connectivity index (χ4v) is 0.639. The number of hydrogen-bond donors (Lipinski definition) is 2. The van der Waals surface area contributed by atoms with Crippen LogP contribution in [0.1, 0.15) is 26.2 Å². The second kappa shape index (κ2) is 7.06. The highest BCUT2D eigenvalue weighted by Gasteiger charge is 2.02. The van der Waals surface area contributed by atoms with Crippen molar-refractivity contribution in [3.8, 4) is 0 Å². The van der Waals surface area contributed by atoms with Gasteiger partial charge >= 0.3 is 5.97 Å². The number of hydrogen-bond acceptors (Lipinski definition) is 4. The molecule has 0 aliphatic heterocycles. The Kier molecular flexibility index (Phi) is 6.70. The summed E-state index contributed by atoms with van der Waals surface area (Å²) in [5.74, 6) is -0.315. The van der Waals surface area contributed by atoms with Crippen molar-refractivity contribution in [1.82, 2.24) is 0 Å². The Hall–Kier alpha value is -0.610. The molecular formula is C8H16O4. The predicted molar refractivity (Wildman–Crippen MR) is 43.6 cm³/mol. The summed E-state index contributed by atoms with van der Waals surface area (Å²) in [6.45, 7) is 1.90. The van der Waals surface area contributed by atoms with E-state index in [-0.39, 0.29) is 25.6 Å². The normalized spacial score (nSPS) is 12.6. The number of rotatable bonds is 6. The maximum atomic E-state index is 10.8. The van der Waals surface area contributed by atoms with E-state index in [0.29, 0.717) is 12.8 Å². The third-order valence-electron chi connectivity index (χ3n) is 1.34. The minimum Gasteiger partial charge on any atom is -0.466 e. The molecule has 0 aromatic heterocycles. The lowest BCUT2D eigenvalue weighted by atomic mass is 10.3. The molecule has 0 radical (unpaired) electrons. The van der Waals surface area contributed by atoms with Crippen LogP contribution in [-0.2, 0) is 9.53 Å². The van der Waals surface area contributed by atoms with Gasteiger partial charge < -0.3 is 14.9 Å². The van der Waals surface area contributed by atoms with Crippen LogP contribution in [0, 0.1) is 0 Å². The number of esters is 1. The van der Waals surface area contributed by atoms with Gasteiger partial charge in [-0.05, 0) is 13.3 Å². The molecule has 4 nitrogen and oxygen atoms in total. The summed E-state index contributed by atoms with van der Waals surface area (Å²) in [4.78, 5) is 10.8. The Bertz CT molecular complexity index is 122. The molecule has 0 heterocycles. The Labute approximate surface area is 72.2 Å². The molecule has 12 heavy (non-hydrogen) atoms. The molecule has 1 atom stereocenters. The number of aliphatic hydroxyl groups is 2. The largest absolute Gasteiger partial charge is 0.466 e. The van der Waals surface area contributed by atoms with E-state index in [9.17, 15) is 4.79 Å². The minimum absolute atomic E-state index is 0.00546. The first-order valence-corrected chi connectivity index (χ1v) is 4.11. The molecule has 0 aromatic carbocycles. The van der Waals surface area contributed by atoms with E-state index in [0.717, 1.165) is 0 Å². The summed E-state index contributed by atoms with van der Waals surface area (Å²) in [5.41, 5.74) is 0. The third-order valence-corrected chi connectivity index (χ3v) is 1.34. The number of ether oxygens (including phenoxy) is 1. The van der Waals surface area contributed by atoms with Crippen LogP contribution < -0.4 is 0 Å². The summed E-state index contributed by atoms with van der Waals surface area (Å²) >= 11 is 0. The van der Waals surface area contributed by atoms with E-state index in [1.54, 1.807) is 6.92 Å². The van der Waals surface area contributed by atoms with E-state index < -0.39 is 6.10 Å². The standard InChI is InChI=1S/C8H16O4/c1-7(10)4-6-12-8(11)3-2-5-9/h7,9-10H,2-6H2,1H3/t7-/m1/s1. The fourth-order valence-electron chi connectivity index (χ4n) is 0.639. The highest BCUT2D eigenvalue weighted by Crippen LogP contribution is 1.95. The molecule has 0 amide bonds. The van der Waals surface area contributed by atoms with Crippen LogP contribution >= 0.6 is 0 Å². The molecular weight excluding hydrogens is 160 g/mol. The molecule has 0 aliphatic carbocycles. The van der Waals surface area contributed by atoms with Gasteiger partial charge in [-0.15, -0.1) is 0 Å². The van der Waals surface area contributed by atoms with Gasteiger partial charge in [0.25, 0.3) is 0 Å². The molecule has 0 aromatic rings. The predicted octanol–water partition coefficient (Wildman–Crippen LogP) is 0.0730. The molecule has 2 N–H and O–H groups in total. The van der Waals surface area contributed by atoms with Gasteiger partial charge in [0.2, 0.25) is 0 Å². The van der Waals surface area contributed by atoms with Gasteiger partial charge in [0, 0.05) is 19.4 Å². The summed E-state index contributed by atoms with van der Waals surface area (Å²) in [6.07, 6.45) is 0.713. The second-order valence-electron chi connectivity index (χ2n) is 2.69. The lowest BCUT2D eigenvalue weighted by molar-refractivity contribution is -0.144. The topological polar surface area (TPSA) is 66.8 Å². The van der Waals surface area contributed by atoms with Crippen molar-refractivity contribution in [2.75, 3.05) is 13.2 Å². The summed E-state index contributed by atoms with van der Waals surface area (Å²) in [5, 5.41) is 17.2. The van der Waals surface area contributed by atoms with Crippen molar-refractivity contribution < 1.29 is 19.7 Å². The van der Waals surface area contributed by atoms with Gasteiger partial charge in [0.15, 0.2) is 0 Å². The van der Waals surface area contributed by atoms with Crippen molar-refractivity contribution in [3.05, 3.63) is 0 Å². The smallest absolute Gasteiger partial charge is 0.305 e. The van der Waals surface area contributed by atoms with Gasteiger partial charge in [-0.2, -0.15) is 0 Å². The Morgan fingerprint density at radius 1 is 1.58 bits per heavy atom. The third kappa shape index (κ3) is 7.50. The fraction of sp³-hybridized carbons (Fsp3) is 0.875. The molecule has 0 fully saturated rings. The van der Waals surface area contributed by atoms with Crippen LogP contribution in [0.3, 0.4) is 0 Å². The van der Waals surface area contributed by atoms with Crippen molar-refractivity contribution in [2.45, 2.75) is 32.3 Å². The highest BCUT2D eigenvalue weighted by atomic mass is 16.5. The maximum Gasteiger partial charge on any atom is 0.305 e. The molecule has 0 bridgehead atoms. The van der Waals surface area contributed by atoms with E-state index in [1.807, 2.05) is 0 Å². The number of carbonyl (C=O) groups excluding carboxylic acids is 1. The quantitative estimate of drug-likeness (QED) is 0.562.